The highest BCUT2D eigenvalue weighted by atomic mass is 16.5. The first-order chi connectivity index (χ1) is 7.92. The molecule has 0 aliphatic carbocycles. The zero-order valence-corrected chi connectivity index (χ0v) is 10.9. The Morgan fingerprint density at radius 3 is 2.24 bits per heavy atom. The van der Waals surface area contributed by atoms with Crippen molar-refractivity contribution in [3.63, 3.8) is 0 Å². The van der Waals surface area contributed by atoms with Gasteiger partial charge in [0.25, 0.3) is 0 Å². The van der Waals surface area contributed by atoms with Crippen molar-refractivity contribution in [2.45, 2.75) is 46.1 Å². The second kappa shape index (κ2) is 7.81. The summed E-state index contributed by atoms with van der Waals surface area (Å²) < 4.78 is 4.59. The summed E-state index contributed by atoms with van der Waals surface area (Å²) in [5.41, 5.74) is 0. The van der Waals surface area contributed by atoms with Gasteiger partial charge in [0.15, 0.2) is 0 Å². The Balaban J connectivity index is 4.39. The van der Waals surface area contributed by atoms with Gasteiger partial charge in [-0.2, -0.15) is 0 Å². The van der Waals surface area contributed by atoms with E-state index in [9.17, 15) is 14.4 Å². The van der Waals surface area contributed by atoms with Crippen LogP contribution in [0.2, 0.25) is 0 Å². The number of esters is 1. The molecule has 0 bridgehead atoms. The number of nitrogens with one attached hydrogen (secondary N) is 1. The molecule has 5 nitrogen and oxygen atoms in total. The number of rotatable bonds is 7. The molecule has 0 saturated carbocycles. The van der Waals surface area contributed by atoms with Gasteiger partial charge in [-0.05, 0) is 6.42 Å². The summed E-state index contributed by atoms with van der Waals surface area (Å²) in [5, 5.41) is 2.58. The van der Waals surface area contributed by atoms with Crippen LogP contribution in [-0.2, 0) is 19.1 Å². The van der Waals surface area contributed by atoms with Crippen molar-refractivity contribution < 1.29 is 19.1 Å². The van der Waals surface area contributed by atoms with Gasteiger partial charge in [-0.3, -0.25) is 9.59 Å². The van der Waals surface area contributed by atoms with Crippen molar-refractivity contribution in [3.8, 4) is 0 Å². The molecule has 0 heterocycles. The minimum atomic E-state index is -0.731. The molecular formula is C12H21NO4. The molecule has 0 saturated heterocycles. The molecule has 98 valence electrons. The molecule has 0 aromatic carbocycles. The first-order valence-electron chi connectivity index (χ1n) is 5.82. The van der Waals surface area contributed by atoms with E-state index in [-0.39, 0.29) is 30.4 Å². The average molecular weight is 243 g/mol. The Hall–Kier alpha value is -1.39. The van der Waals surface area contributed by atoms with Gasteiger partial charge in [-0.15, -0.1) is 0 Å². The van der Waals surface area contributed by atoms with Crippen LogP contribution < -0.4 is 5.32 Å². The molecule has 0 aliphatic rings. The number of ketones is 1. The maximum Gasteiger partial charge on any atom is 0.328 e. The summed E-state index contributed by atoms with van der Waals surface area (Å²) in [5.74, 6) is -0.867. The van der Waals surface area contributed by atoms with Gasteiger partial charge < -0.3 is 10.1 Å². The van der Waals surface area contributed by atoms with Crippen molar-refractivity contribution in [2.75, 3.05) is 7.11 Å². The van der Waals surface area contributed by atoms with Gasteiger partial charge in [-0.1, -0.05) is 20.8 Å². The Bertz CT molecular complexity index is 286. The van der Waals surface area contributed by atoms with Crippen molar-refractivity contribution >= 4 is 17.7 Å². The first-order valence-corrected chi connectivity index (χ1v) is 5.82. The van der Waals surface area contributed by atoms with E-state index in [2.05, 4.69) is 10.1 Å². The number of carbonyl (C=O) groups is 3. The maximum atomic E-state index is 11.5. The normalized spacial score (nSPS) is 12.1. The van der Waals surface area contributed by atoms with E-state index in [1.54, 1.807) is 20.8 Å². The molecule has 0 aromatic rings. The van der Waals surface area contributed by atoms with Crippen molar-refractivity contribution in [3.05, 3.63) is 0 Å². The van der Waals surface area contributed by atoms with Crippen LogP contribution in [0.4, 0.5) is 0 Å². The zero-order chi connectivity index (χ0) is 13.4. The minimum absolute atomic E-state index is 0.0673. The number of hydrogen-bond acceptors (Lipinski definition) is 4. The van der Waals surface area contributed by atoms with Gasteiger partial charge in [0, 0.05) is 18.8 Å². The zero-order valence-electron chi connectivity index (χ0n) is 10.9. The third kappa shape index (κ3) is 6.04. The Labute approximate surface area is 102 Å². The molecule has 0 spiro atoms. The number of ether oxygens (including phenoxy) is 1. The van der Waals surface area contributed by atoms with Gasteiger partial charge in [-0.25, -0.2) is 4.79 Å². The fraction of sp³-hybridized carbons (Fsp3) is 0.750. The molecule has 5 heteroatoms. The SMILES string of the molecule is CCC(=O)CC[C@H](NC(=O)C(C)C)C(=O)OC. The largest absolute Gasteiger partial charge is 0.467 e. The van der Waals surface area contributed by atoms with Crippen LogP contribution in [0.3, 0.4) is 0 Å². The molecule has 0 fully saturated rings. The van der Waals surface area contributed by atoms with E-state index in [0.29, 0.717) is 6.42 Å². The van der Waals surface area contributed by atoms with E-state index in [4.69, 9.17) is 0 Å². The quantitative estimate of drug-likeness (QED) is 0.679. The van der Waals surface area contributed by atoms with Gasteiger partial charge in [0.1, 0.15) is 11.8 Å². The molecule has 0 rings (SSSR count). The van der Waals surface area contributed by atoms with Gasteiger partial charge >= 0.3 is 5.97 Å². The highest BCUT2D eigenvalue weighted by molar-refractivity contribution is 5.86. The van der Waals surface area contributed by atoms with Crippen LogP contribution in [-0.4, -0.2) is 30.8 Å². The molecule has 0 unspecified atom stereocenters. The van der Waals surface area contributed by atoms with Crippen LogP contribution >= 0.6 is 0 Å². The Kier molecular flexibility index (Phi) is 7.18. The summed E-state index contributed by atoms with van der Waals surface area (Å²) in [6.45, 7) is 5.24. The molecule has 1 atom stereocenters. The maximum absolute atomic E-state index is 11.5. The van der Waals surface area contributed by atoms with Crippen LogP contribution in [0.15, 0.2) is 0 Å². The molecule has 0 aromatic heterocycles. The van der Waals surface area contributed by atoms with Crippen molar-refractivity contribution in [2.24, 2.45) is 5.92 Å². The lowest BCUT2D eigenvalue weighted by Gasteiger charge is -2.17. The lowest BCUT2D eigenvalue weighted by atomic mass is 10.1. The number of methoxy groups -OCH3 is 1. The number of hydrogen-bond donors (Lipinski definition) is 1. The second-order valence-corrected chi connectivity index (χ2v) is 4.17. The number of carbonyl (C=O) groups excluding carboxylic acids is 3. The highest BCUT2D eigenvalue weighted by Gasteiger charge is 2.23. The minimum Gasteiger partial charge on any atom is -0.467 e. The van der Waals surface area contributed by atoms with Crippen LogP contribution in [0.5, 0.6) is 0 Å². The summed E-state index contributed by atoms with van der Waals surface area (Å²) >= 11 is 0. The summed E-state index contributed by atoms with van der Waals surface area (Å²) in [4.78, 5) is 34.1. The van der Waals surface area contributed by atoms with Crippen LogP contribution in [0, 0.1) is 5.92 Å². The fourth-order valence-electron chi connectivity index (χ4n) is 1.21. The molecule has 1 amide bonds. The topological polar surface area (TPSA) is 72.5 Å². The molecule has 17 heavy (non-hydrogen) atoms. The van der Waals surface area contributed by atoms with Gasteiger partial charge in [0.05, 0.1) is 7.11 Å². The summed E-state index contributed by atoms with van der Waals surface area (Å²) in [6.07, 6.45) is 0.998. The Morgan fingerprint density at radius 2 is 1.82 bits per heavy atom. The smallest absolute Gasteiger partial charge is 0.328 e. The van der Waals surface area contributed by atoms with Crippen molar-refractivity contribution in [1.82, 2.24) is 5.32 Å². The third-order valence-electron chi connectivity index (χ3n) is 2.43. The van der Waals surface area contributed by atoms with E-state index < -0.39 is 12.0 Å². The molecule has 0 radical (unpaired) electrons. The van der Waals surface area contributed by atoms with E-state index in [1.807, 2.05) is 0 Å². The van der Waals surface area contributed by atoms with E-state index in [0.717, 1.165) is 0 Å². The lowest BCUT2D eigenvalue weighted by molar-refractivity contribution is -0.145. The first kappa shape index (κ1) is 15.6. The lowest BCUT2D eigenvalue weighted by Crippen LogP contribution is -2.43. The summed E-state index contributed by atoms with van der Waals surface area (Å²) in [6, 6.07) is -0.731. The van der Waals surface area contributed by atoms with E-state index >= 15 is 0 Å². The highest BCUT2D eigenvalue weighted by Crippen LogP contribution is 2.04. The molecule has 0 aliphatic heterocycles. The predicted octanol–water partition coefficient (Wildman–Crippen LogP) is 1.06. The van der Waals surface area contributed by atoms with Crippen LogP contribution in [0.1, 0.15) is 40.0 Å². The van der Waals surface area contributed by atoms with Crippen molar-refractivity contribution in [1.29, 1.82) is 0 Å². The fourth-order valence-corrected chi connectivity index (χ4v) is 1.21. The van der Waals surface area contributed by atoms with Crippen LogP contribution in [0.25, 0.3) is 0 Å². The number of amides is 1. The molecule has 1 N–H and O–H groups in total. The summed E-state index contributed by atoms with van der Waals surface area (Å²) in [7, 11) is 1.26. The third-order valence-corrected chi connectivity index (χ3v) is 2.43. The molecular weight excluding hydrogens is 222 g/mol. The standard InChI is InChI=1S/C12H21NO4/c1-5-9(14)6-7-10(12(16)17-4)13-11(15)8(2)3/h8,10H,5-7H2,1-4H3,(H,13,15)/t10-/m0/s1. The second-order valence-electron chi connectivity index (χ2n) is 4.17. The average Bonchev–Trinajstić information content (AvgIpc) is 2.32. The Morgan fingerprint density at radius 1 is 1.24 bits per heavy atom. The van der Waals surface area contributed by atoms with Gasteiger partial charge in [0.2, 0.25) is 5.91 Å². The number of Topliss-reactive ketones (excluding diaryl/α,β-unsaturated/α-hetero) is 1. The predicted molar refractivity (Wildman–Crippen MR) is 63.3 cm³/mol. The monoisotopic (exact) mass is 243 g/mol. The van der Waals surface area contributed by atoms with E-state index in [1.165, 1.54) is 7.11 Å².